The number of carbonyl (C=O) groups excluding carboxylic acids is 1. The number of hydrogen-bond donors (Lipinski definition) is 2. The Morgan fingerprint density at radius 3 is 2.79 bits per heavy atom. The lowest BCUT2D eigenvalue weighted by Gasteiger charge is -2.05. The lowest BCUT2D eigenvalue weighted by Crippen LogP contribution is -2.23. The lowest BCUT2D eigenvalue weighted by molar-refractivity contribution is 0.0950. The van der Waals surface area contributed by atoms with Crippen LogP contribution in [0.2, 0.25) is 5.02 Å². The minimum absolute atomic E-state index is 0.150. The monoisotopic (exact) mass is 340 g/mol. The van der Waals surface area contributed by atoms with Crippen LogP contribution in [0.25, 0.3) is 5.69 Å². The second kappa shape index (κ2) is 7.29. The number of aromatic nitrogens is 2. The van der Waals surface area contributed by atoms with Gasteiger partial charge in [0.15, 0.2) is 0 Å². The Morgan fingerprint density at radius 2 is 2.00 bits per heavy atom. The number of amides is 1. The van der Waals surface area contributed by atoms with E-state index in [1.807, 2.05) is 48.7 Å². The van der Waals surface area contributed by atoms with Crippen LogP contribution < -0.4 is 11.1 Å². The summed E-state index contributed by atoms with van der Waals surface area (Å²) in [7, 11) is 0. The van der Waals surface area contributed by atoms with Gasteiger partial charge in [0.05, 0.1) is 17.9 Å². The predicted molar refractivity (Wildman–Crippen MR) is 94.1 cm³/mol. The van der Waals surface area contributed by atoms with E-state index < -0.39 is 0 Å². The summed E-state index contributed by atoms with van der Waals surface area (Å²) in [6.45, 7) is 0.754. The minimum Gasteiger partial charge on any atom is -0.346 e. The van der Waals surface area contributed by atoms with Gasteiger partial charge in [-0.25, -0.2) is 4.68 Å². The van der Waals surface area contributed by atoms with Crippen molar-refractivity contribution in [3.05, 3.63) is 82.6 Å². The fourth-order valence-electron chi connectivity index (χ4n) is 2.33. The number of rotatable bonds is 5. The van der Waals surface area contributed by atoms with Gasteiger partial charge in [0.1, 0.15) is 0 Å². The molecule has 0 fully saturated rings. The molecular formula is C18H17ClN4O. The van der Waals surface area contributed by atoms with Crippen LogP contribution in [0.1, 0.15) is 21.6 Å². The maximum absolute atomic E-state index is 12.2. The third kappa shape index (κ3) is 3.82. The summed E-state index contributed by atoms with van der Waals surface area (Å²) in [4.78, 5) is 12.2. The number of nitrogens with zero attached hydrogens (tertiary/aromatic N) is 2. The van der Waals surface area contributed by atoms with Gasteiger partial charge < -0.3 is 11.1 Å². The van der Waals surface area contributed by atoms with Crippen LogP contribution in [0.4, 0.5) is 0 Å². The van der Waals surface area contributed by atoms with Crippen LogP contribution >= 0.6 is 11.6 Å². The average molecular weight is 341 g/mol. The highest BCUT2D eigenvalue weighted by Crippen LogP contribution is 2.14. The van der Waals surface area contributed by atoms with Gasteiger partial charge in [0.2, 0.25) is 0 Å². The normalized spacial score (nSPS) is 10.6. The van der Waals surface area contributed by atoms with Gasteiger partial charge in [-0.15, -0.1) is 0 Å². The Labute approximate surface area is 145 Å². The van der Waals surface area contributed by atoms with Gasteiger partial charge in [-0.2, -0.15) is 5.10 Å². The summed E-state index contributed by atoms with van der Waals surface area (Å²) >= 11 is 5.99. The first-order chi connectivity index (χ1) is 11.7. The zero-order valence-corrected chi connectivity index (χ0v) is 13.7. The largest absolute Gasteiger partial charge is 0.346 e. The number of benzene rings is 2. The fourth-order valence-corrected chi connectivity index (χ4v) is 2.52. The smallest absolute Gasteiger partial charge is 0.251 e. The van der Waals surface area contributed by atoms with E-state index in [4.69, 9.17) is 17.3 Å². The van der Waals surface area contributed by atoms with E-state index in [9.17, 15) is 4.79 Å². The Balaban J connectivity index is 1.66. The van der Waals surface area contributed by atoms with E-state index in [1.54, 1.807) is 16.8 Å². The van der Waals surface area contributed by atoms with Crippen LogP contribution in [0, 0.1) is 0 Å². The second-order valence-electron chi connectivity index (χ2n) is 5.32. The zero-order chi connectivity index (χ0) is 16.9. The molecule has 0 radical (unpaired) electrons. The lowest BCUT2D eigenvalue weighted by atomic mass is 10.1. The van der Waals surface area contributed by atoms with Crippen LogP contribution in [-0.2, 0) is 13.1 Å². The maximum atomic E-state index is 12.2. The summed E-state index contributed by atoms with van der Waals surface area (Å²) in [5.74, 6) is -0.150. The molecule has 0 aliphatic carbocycles. The van der Waals surface area contributed by atoms with Crippen molar-refractivity contribution in [1.29, 1.82) is 0 Å². The first-order valence-electron chi connectivity index (χ1n) is 7.53. The van der Waals surface area contributed by atoms with E-state index >= 15 is 0 Å². The molecule has 3 aromatic rings. The zero-order valence-electron chi connectivity index (χ0n) is 12.9. The molecule has 0 spiro atoms. The highest BCUT2D eigenvalue weighted by molar-refractivity contribution is 6.30. The number of halogens is 1. The van der Waals surface area contributed by atoms with Crippen LogP contribution in [0.15, 0.2) is 60.8 Å². The molecule has 5 nitrogen and oxygen atoms in total. The van der Waals surface area contributed by atoms with Crippen LogP contribution in [-0.4, -0.2) is 15.7 Å². The van der Waals surface area contributed by atoms with Gasteiger partial charge >= 0.3 is 0 Å². The van der Waals surface area contributed by atoms with E-state index in [0.717, 1.165) is 16.9 Å². The molecular weight excluding hydrogens is 324 g/mol. The van der Waals surface area contributed by atoms with Gasteiger partial charge in [-0.3, -0.25) is 4.79 Å². The molecule has 24 heavy (non-hydrogen) atoms. The van der Waals surface area contributed by atoms with Gasteiger partial charge in [0.25, 0.3) is 5.91 Å². The second-order valence-corrected chi connectivity index (χ2v) is 5.76. The molecule has 122 valence electrons. The molecule has 6 heteroatoms. The standard InChI is InChI=1S/C18H17ClN4O/c19-15-5-2-6-17(10-15)23-8-7-16(22-23)12-21-18(24)14-4-1-3-13(9-14)11-20/h1-10H,11-12,20H2,(H,21,24). The first-order valence-corrected chi connectivity index (χ1v) is 7.91. The molecule has 0 saturated heterocycles. The fraction of sp³-hybridized carbons (Fsp3) is 0.111. The number of hydrogen-bond acceptors (Lipinski definition) is 3. The molecule has 2 aromatic carbocycles. The quantitative estimate of drug-likeness (QED) is 0.750. The summed E-state index contributed by atoms with van der Waals surface area (Å²) < 4.78 is 1.72. The summed E-state index contributed by atoms with van der Waals surface area (Å²) in [5, 5.41) is 7.96. The highest BCUT2D eigenvalue weighted by atomic mass is 35.5. The molecule has 1 heterocycles. The number of carbonyl (C=O) groups is 1. The third-order valence-electron chi connectivity index (χ3n) is 3.57. The Morgan fingerprint density at radius 1 is 1.17 bits per heavy atom. The molecule has 0 unspecified atom stereocenters. The summed E-state index contributed by atoms with van der Waals surface area (Å²) in [6.07, 6.45) is 1.84. The first kappa shape index (κ1) is 16.2. The van der Waals surface area contributed by atoms with E-state index in [2.05, 4.69) is 10.4 Å². The van der Waals surface area contributed by atoms with Crippen molar-refractivity contribution in [3.63, 3.8) is 0 Å². The van der Waals surface area contributed by atoms with E-state index in [1.165, 1.54) is 0 Å². The van der Waals surface area contributed by atoms with Crippen molar-refractivity contribution in [2.24, 2.45) is 5.73 Å². The molecule has 3 rings (SSSR count). The summed E-state index contributed by atoms with van der Waals surface area (Å²) in [6, 6.07) is 16.6. The minimum atomic E-state index is -0.150. The highest BCUT2D eigenvalue weighted by Gasteiger charge is 2.07. The SMILES string of the molecule is NCc1cccc(C(=O)NCc2ccn(-c3cccc(Cl)c3)n2)c1. The van der Waals surface area contributed by atoms with E-state index in [-0.39, 0.29) is 5.91 Å². The van der Waals surface area contributed by atoms with E-state index in [0.29, 0.717) is 23.7 Å². The molecule has 1 aromatic heterocycles. The predicted octanol–water partition coefficient (Wildman–Crippen LogP) is 2.91. The number of nitrogens with two attached hydrogens (primary N) is 1. The number of nitrogens with one attached hydrogen (secondary N) is 1. The van der Waals surface area contributed by atoms with Crippen LogP contribution in [0.5, 0.6) is 0 Å². The molecule has 1 amide bonds. The van der Waals surface area contributed by atoms with Gasteiger partial charge in [0, 0.05) is 23.3 Å². The van der Waals surface area contributed by atoms with Gasteiger partial charge in [-0.05, 0) is 42.0 Å². The Kier molecular flexibility index (Phi) is 4.93. The van der Waals surface area contributed by atoms with Crippen molar-refractivity contribution in [2.45, 2.75) is 13.1 Å². The molecule has 0 bridgehead atoms. The molecule has 0 aliphatic heterocycles. The Hall–Kier alpha value is -2.63. The molecule has 0 atom stereocenters. The third-order valence-corrected chi connectivity index (χ3v) is 3.81. The average Bonchev–Trinajstić information content (AvgIpc) is 3.09. The molecule has 3 N–H and O–H groups in total. The molecule has 0 saturated carbocycles. The van der Waals surface area contributed by atoms with Crippen LogP contribution in [0.3, 0.4) is 0 Å². The van der Waals surface area contributed by atoms with Crippen molar-refractivity contribution in [1.82, 2.24) is 15.1 Å². The molecule has 0 aliphatic rings. The Bertz CT molecular complexity index is 859. The van der Waals surface area contributed by atoms with Crippen molar-refractivity contribution in [2.75, 3.05) is 0 Å². The van der Waals surface area contributed by atoms with Crippen molar-refractivity contribution >= 4 is 17.5 Å². The summed E-state index contributed by atoms with van der Waals surface area (Å²) in [5.41, 5.74) is 8.75. The van der Waals surface area contributed by atoms with Crippen molar-refractivity contribution < 1.29 is 4.79 Å². The maximum Gasteiger partial charge on any atom is 0.251 e. The van der Waals surface area contributed by atoms with Gasteiger partial charge in [-0.1, -0.05) is 29.8 Å². The topological polar surface area (TPSA) is 72.9 Å². The van der Waals surface area contributed by atoms with Crippen molar-refractivity contribution in [3.8, 4) is 5.69 Å².